The summed E-state index contributed by atoms with van der Waals surface area (Å²) in [4.78, 5) is 18.3. The maximum Gasteiger partial charge on any atom is 0.434 e. The first-order valence-corrected chi connectivity index (χ1v) is 9.57. The molecular formula is C19H16F4N8. The van der Waals surface area contributed by atoms with Gasteiger partial charge in [-0.1, -0.05) is 0 Å². The molecule has 1 unspecified atom stereocenters. The van der Waals surface area contributed by atoms with Crippen LogP contribution in [0.5, 0.6) is 0 Å². The van der Waals surface area contributed by atoms with Crippen molar-refractivity contribution in [1.29, 1.82) is 0 Å². The molecule has 0 aliphatic carbocycles. The highest BCUT2D eigenvalue weighted by Crippen LogP contribution is 2.31. The van der Waals surface area contributed by atoms with Gasteiger partial charge in [0, 0.05) is 37.0 Å². The van der Waals surface area contributed by atoms with E-state index >= 15 is 0 Å². The number of imidazole rings is 1. The normalized spacial score (nSPS) is 17.4. The lowest BCUT2D eigenvalue weighted by Gasteiger charge is -2.33. The smallest absolute Gasteiger partial charge is 0.356 e. The molecule has 4 aromatic heterocycles. The van der Waals surface area contributed by atoms with Crippen molar-refractivity contribution in [2.75, 3.05) is 18.0 Å². The Kier molecular flexibility index (Phi) is 4.56. The van der Waals surface area contributed by atoms with Crippen LogP contribution in [0.1, 0.15) is 30.0 Å². The zero-order chi connectivity index (χ0) is 21.6. The molecule has 160 valence electrons. The summed E-state index contributed by atoms with van der Waals surface area (Å²) < 4.78 is 54.4. The molecule has 1 aliphatic rings. The fourth-order valence-corrected chi connectivity index (χ4v) is 3.85. The summed E-state index contributed by atoms with van der Waals surface area (Å²) in [5.74, 6) is 0.372. The molecule has 0 aromatic carbocycles. The molecule has 1 N–H and O–H groups in total. The number of halogens is 4. The second kappa shape index (κ2) is 7.29. The van der Waals surface area contributed by atoms with Gasteiger partial charge in [0.1, 0.15) is 11.5 Å². The number of fused-ring (bicyclic) bond motifs is 1. The van der Waals surface area contributed by atoms with Crippen LogP contribution < -0.4 is 4.90 Å². The van der Waals surface area contributed by atoms with Gasteiger partial charge in [0.15, 0.2) is 17.2 Å². The Bertz CT molecular complexity index is 1230. The average Bonchev–Trinajstić information content (AvgIpc) is 3.39. The lowest BCUT2D eigenvalue weighted by atomic mass is 9.92. The van der Waals surface area contributed by atoms with Gasteiger partial charge in [-0.05, 0) is 18.9 Å². The number of hydrogen-bond acceptors (Lipinski definition) is 6. The number of aromatic nitrogens is 7. The van der Waals surface area contributed by atoms with E-state index in [-0.39, 0.29) is 17.4 Å². The van der Waals surface area contributed by atoms with Gasteiger partial charge in [-0.25, -0.2) is 19.9 Å². The standard InChI is InChI=1S/C19H16F4N8/c20-17-12(6-27-29-17)11-2-1-5-30(9-11)15-3-4-24-18(28-15)13-7-26-16-8-25-14(10-31(13)16)19(21,22)23/h3-4,6-8,10-11H,1-2,5,9H2,(H,27,29). The third-order valence-corrected chi connectivity index (χ3v) is 5.36. The second-order valence-electron chi connectivity index (χ2n) is 7.30. The van der Waals surface area contributed by atoms with Crippen LogP contribution >= 0.6 is 0 Å². The highest BCUT2D eigenvalue weighted by Gasteiger charge is 2.33. The molecule has 0 spiro atoms. The van der Waals surface area contributed by atoms with Crippen LogP contribution in [0, 0.1) is 5.95 Å². The highest BCUT2D eigenvalue weighted by atomic mass is 19.4. The van der Waals surface area contributed by atoms with Gasteiger partial charge >= 0.3 is 6.18 Å². The van der Waals surface area contributed by atoms with Crippen LogP contribution in [0.3, 0.4) is 0 Å². The third kappa shape index (κ3) is 3.57. The van der Waals surface area contributed by atoms with Crippen molar-refractivity contribution in [3.63, 3.8) is 0 Å². The summed E-state index contributed by atoms with van der Waals surface area (Å²) in [6.45, 7) is 1.27. The molecule has 5 rings (SSSR count). The van der Waals surface area contributed by atoms with Crippen molar-refractivity contribution in [3.8, 4) is 11.5 Å². The molecule has 0 saturated carbocycles. The zero-order valence-electron chi connectivity index (χ0n) is 16.0. The highest BCUT2D eigenvalue weighted by molar-refractivity contribution is 5.58. The average molecular weight is 432 g/mol. The molecule has 5 heterocycles. The van der Waals surface area contributed by atoms with E-state index in [0.29, 0.717) is 23.6 Å². The van der Waals surface area contributed by atoms with Crippen molar-refractivity contribution in [1.82, 2.24) is 34.5 Å². The second-order valence-corrected chi connectivity index (χ2v) is 7.30. The van der Waals surface area contributed by atoms with Gasteiger partial charge in [0.2, 0.25) is 5.95 Å². The van der Waals surface area contributed by atoms with Crippen molar-refractivity contribution in [3.05, 3.63) is 54.3 Å². The number of rotatable bonds is 3. The van der Waals surface area contributed by atoms with Crippen LogP contribution in [0.15, 0.2) is 37.1 Å². The Hall–Kier alpha value is -3.57. The van der Waals surface area contributed by atoms with Crippen molar-refractivity contribution >= 4 is 11.5 Å². The van der Waals surface area contributed by atoms with Crippen LogP contribution in [0.25, 0.3) is 17.2 Å². The van der Waals surface area contributed by atoms with Gasteiger partial charge < -0.3 is 4.90 Å². The van der Waals surface area contributed by atoms with Gasteiger partial charge in [-0.15, -0.1) is 0 Å². The summed E-state index contributed by atoms with van der Waals surface area (Å²) >= 11 is 0. The molecule has 0 radical (unpaired) electrons. The van der Waals surface area contributed by atoms with E-state index in [0.717, 1.165) is 31.8 Å². The van der Waals surface area contributed by atoms with Crippen LogP contribution in [0.2, 0.25) is 0 Å². The van der Waals surface area contributed by atoms with E-state index in [1.165, 1.54) is 16.8 Å². The molecular weight excluding hydrogens is 416 g/mol. The lowest BCUT2D eigenvalue weighted by Crippen LogP contribution is -2.35. The fourth-order valence-electron chi connectivity index (χ4n) is 3.85. The van der Waals surface area contributed by atoms with Crippen LogP contribution in [-0.4, -0.2) is 47.6 Å². The summed E-state index contributed by atoms with van der Waals surface area (Å²) in [6, 6.07) is 1.73. The number of aromatic amines is 1. The number of anilines is 1. The third-order valence-electron chi connectivity index (χ3n) is 5.36. The van der Waals surface area contributed by atoms with Crippen molar-refractivity contribution < 1.29 is 17.6 Å². The fraction of sp³-hybridized carbons (Fsp3) is 0.316. The number of H-pyrrole nitrogens is 1. The summed E-state index contributed by atoms with van der Waals surface area (Å²) in [5.41, 5.74) is 0.0778. The Labute approximate surface area is 173 Å². The maximum atomic E-state index is 13.9. The zero-order valence-corrected chi connectivity index (χ0v) is 16.0. The molecule has 12 heteroatoms. The Morgan fingerprint density at radius 2 is 1.97 bits per heavy atom. The van der Waals surface area contributed by atoms with Gasteiger partial charge in [0.25, 0.3) is 0 Å². The molecule has 1 aliphatic heterocycles. The number of nitrogens with zero attached hydrogens (tertiary/aromatic N) is 7. The van der Waals surface area contributed by atoms with Crippen LogP contribution in [-0.2, 0) is 6.18 Å². The predicted octanol–water partition coefficient (Wildman–Crippen LogP) is 3.45. The Balaban J connectivity index is 1.47. The molecule has 1 saturated heterocycles. The van der Waals surface area contributed by atoms with Crippen LogP contribution in [0.4, 0.5) is 23.4 Å². The quantitative estimate of drug-likeness (QED) is 0.499. The van der Waals surface area contributed by atoms with Gasteiger partial charge in [0.05, 0.1) is 18.6 Å². The first-order chi connectivity index (χ1) is 14.9. The summed E-state index contributed by atoms with van der Waals surface area (Å²) in [6.07, 6.45) is 3.48. The minimum Gasteiger partial charge on any atom is -0.356 e. The van der Waals surface area contributed by atoms with Crippen molar-refractivity contribution in [2.45, 2.75) is 24.9 Å². The maximum absolute atomic E-state index is 13.9. The first-order valence-electron chi connectivity index (χ1n) is 9.57. The molecule has 0 amide bonds. The first kappa shape index (κ1) is 19.4. The number of hydrogen-bond donors (Lipinski definition) is 1. The molecule has 1 atom stereocenters. The molecule has 31 heavy (non-hydrogen) atoms. The monoisotopic (exact) mass is 432 g/mol. The number of nitrogens with one attached hydrogen (secondary N) is 1. The van der Waals surface area contributed by atoms with E-state index in [4.69, 9.17) is 0 Å². The molecule has 8 nitrogen and oxygen atoms in total. The number of piperidine rings is 1. The topological polar surface area (TPSA) is 87.9 Å². The lowest BCUT2D eigenvalue weighted by molar-refractivity contribution is -0.141. The van der Waals surface area contributed by atoms with E-state index in [2.05, 4.69) is 30.1 Å². The van der Waals surface area contributed by atoms with E-state index in [1.807, 2.05) is 4.90 Å². The number of alkyl halides is 3. The Morgan fingerprint density at radius 3 is 2.74 bits per heavy atom. The summed E-state index contributed by atoms with van der Waals surface area (Å²) in [5, 5.41) is 6.08. The Morgan fingerprint density at radius 1 is 1.10 bits per heavy atom. The van der Waals surface area contributed by atoms with Crippen molar-refractivity contribution in [2.24, 2.45) is 0 Å². The SMILES string of the molecule is Fc1[nH]ncc1C1CCCN(c2ccnc(-c3cnc4cnc(C(F)(F)F)cn34)n2)C1. The largest absolute Gasteiger partial charge is 0.434 e. The van der Waals surface area contributed by atoms with E-state index < -0.39 is 17.8 Å². The minimum absolute atomic E-state index is 0.0397. The molecule has 1 fully saturated rings. The van der Waals surface area contributed by atoms with E-state index in [1.54, 1.807) is 12.3 Å². The molecule has 4 aromatic rings. The van der Waals surface area contributed by atoms with Gasteiger partial charge in [-0.3, -0.25) is 9.50 Å². The van der Waals surface area contributed by atoms with Gasteiger partial charge in [-0.2, -0.15) is 22.7 Å². The minimum atomic E-state index is -4.58. The predicted molar refractivity (Wildman–Crippen MR) is 102 cm³/mol. The molecule has 0 bridgehead atoms. The van der Waals surface area contributed by atoms with E-state index in [9.17, 15) is 17.6 Å². The summed E-state index contributed by atoms with van der Waals surface area (Å²) in [7, 11) is 0.